The van der Waals surface area contributed by atoms with Gasteiger partial charge in [0.2, 0.25) is 0 Å². The Labute approximate surface area is 66.4 Å². The molecular formula is C8H14O3. The van der Waals surface area contributed by atoms with Crippen LogP contribution < -0.4 is 0 Å². The summed E-state index contributed by atoms with van der Waals surface area (Å²) in [5.74, 6) is -0.0301. The van der Waals surface area contributed by atoms with E-state index < -0.39 is 0 Å². The predicted octanol–water partition coefficient (Wildman–Crippen LogP) is 0.566. The summed E-state index contributed by atoms with van der Waals surface area (Å²) in [6, 6.07) is 0. The number of aliphatic hydroxyl groups excluding tert-OH is 1. The molecule has 1 aliphatic carbocycles. The number of carbonyl (C=O) groups is 1. The summed E-state index contributed by atoms with van der Waals surface area (Å²) in [5.41, 5.74) is 0. The van der Waals surface area contributed by atoms with Crippen LogP contribution in [0.3, 0.4) is 0 Å². The maximum Gasteiger partial charge on any atom is 0.308 e. The fraction of sp³-hybridized carbons (Fsp3) is 0.875. The van der Waals surface area contributed by atoms with Crippen molar-refractivity contribution in [2.75, 3.05) is 7.11 Å². The molecule has 64 valence electrons. The largest absolute Gasteiger partial charge is 0.469 e. The second-order valence-corrected chi connectivity index (χ2v) is 3.24. The molecule has 1 rings (SSSR count). The zero-order valence-electron chi connectivity index (χ0n) is 6.91. The van der Waals surface area contributed by atoms with Gasteiger partial charge in [-0.15, -0.1) is 0 Å². The Balaban J connectivity index is 2.46. The van der Waals surface area contributed by atoms with Crippen molar-refractivity contribution in [1.82, 2.24) is 0 Å². The summed E-state index contributed by atoms with van der Waals surface area (Å²) in [5, 5.41) is 9.30. The first-order chi connectivity index (χ1) is 5.15. The number of hydrogen-bond acceptors (Lipinski definition) is 3. The molecule has 0 radical (unpaired) electrons. The maximum absolute atomic E-state index is 11.0. The van der Waals surface area contributed by atoms with E-state index >= 15 is 0 Å². The Kier molecular flexibility index (Phi) is 2.49. The van der Waals surface area contributed by atoms with E-state index in [4.69, 9.17) is 0 Å². The maximum atomic E-state index is 11.0. The summed E-state index contributed by atoms with van der Waals surface area (Å²) in [4.78, 5) is 11.0. The zero-order chi connectivity index (χ0) is 8.43. The van der Waals surface area contributed by atoms with Crippen LogP contribution >= 0.6 is 0 Å². The average Bonchev–Trinajstić information content (AvgIpc) is 2.31. The van der Waals surface area contributed by atoms with Crippen LogP contribution in [0.25, 0.3) is 0 Å². The van der Waals surface area contributed by atoms with E-state index in [0.29, 0.717) is 6.42 Å². The SMILES string of the molecule is COC(=O)[C@@H]1C[C@H](C)[C@@H](O)C1. The van der Waals surface area contributed by atoms with Gasteiger partial charge in [-0.3, -0.25) is 4.79 Å². The van der Waals surface area contributed by atoms with E-state index in [9.17, 15) is 9.90 Å². The van der Waals surface area contributed by atoms with Crippen LogP contribution in [-0.2, 0) is 9.53 Å². The van der Waals surface area contributed by atoms with Crippen LogP contribution in [0.1, 0.15) is 19.8 Å². The molecule has 0 aromatic carbocycles. The van der Waals surface area contributed by atoms with Gasteiger partial charge in [0.1, 0.15) is 0 Å². The van der Waals surface area contributed by atoms with Crippen molar-refractivity contribution in [3.8, 4) is 0 Å². The Morgan fingerprint density at radius 1 is 1.55 bits per heavy atom. The molecule has 0 heterocycles. The average molecular weight is 158 g/mol. The first-order valence-electron chi connectivity index (χ1n) is 3.91. The van der Waals surface area contributed by atoms with Gasteiger partial charge in [-0.1, -0.05) is 6.92 Å². The van der Waals surface area contributed by atoms with Crippen LogP contribution in [-0.4, -0.2) is 24.3 Å². The Morgan fingerprint density at radius 3 is 2.55 bits per heavy atom. The van der Waals surface area contributed by atoms with E-state index in [-0.39, 0.29) is 23.9 Å². The van der Waals surface area contributed by atoms with Crippen molar-refractivity contribution in [3.05, 3.63) is 0 Å². The highest BCUT2D eigenvalue weighted by molar-refractivity contribution is 5.72. The normalized spacial score (nSPS) is 37.2. The van der Waals surface area contributed by atoms with Gasteiger partial charge in [0.05, 0.1) is 19.1 Å². The number of carbonyl (C=O) groups excluding carboxylic acids is 1. The van der Waals surface area contributed by atoms with Gasteiger partial charge in [0, 0.05) is 0 Å². The molecule has 1 saturated carbocycles. The van der Waals surface area contributed by atoms with E-state index in [0.717, 1.165) is 6.42 Å². The lowest BCUT2D eigenvalue weighted by Gasteiger charge is -2.04. The molecule has 3 atom stereocenters. The van der Waals surface area contributed by atoms with Crippen molar-refractivity contribution in [1.29, 1.82) is 0 Å². The molecule has 1 N–H and O–H groups in total. The van der Waals surface area contributed by atoms with Gasteiger partial charge in [0.25, 0.3) is 0 Å². The minimum atomic E-state index is -0.320. The molecular weight excluding hydrogens is 144 g/mol. The van der Waals surface area contributed by atoms with Gasteiger partial charge < -0.3 is 9.84 Å². The first kappa shape index (κ1) is 8.53. The third-order valence-corrected chi connectivity index (χ3v) is 2.37. The molecule has 0 aromatic heterocycles. The lowest BCUT2D eigenvalue weighted by atomic mass is 10.1. The van der Waals surface area contributed by atoms with E-state index in [2.05, 4.69) is 4.74 Å². The number of rotatable bonds is 1. The van der Waals surface area contributed by atoms with Crippen LogP contribution in [0.15, 0.2) is 0 Å². The van der Waals surface area contributed by atoms with E-state index in [1.807, 2.05) is 6.92 Å². The van der Waals surface area contributed by atoms with Crippen molar-refractivity contribution in [2.45, 2.75) is 25.9 Å². The van der Waals surface area contributed by atoms with Crippen LogP contribution in [0.4, 0.5) is 0 Å². The van der Waals surface area contributed by atoms with Crippen molar-refractivity contribution in [2.24, 2.45) is 11.8 Å². The quantitative estimate of drug-likeness (QED) is 0.567. The molecule has 0 spiro atoms. The molecule has 0 aromatic rings. The van der Waals surface area contributed by atoms with Crippen LogP contribution in [0.5, 0.6) is 0 Å². The number of ether oxygens (including phenoxy) is 1. The van der Waals surface area contributed by atoms with Gasteiger partial charge in [0.15, 0.2) is 0 Å². The number of esters is 1. The predicted molar refractivity (Wildman–Crippen MR) is 39.9 cm³/mol. The van der Waals surface area contributed by atoms with Crippen molar-refractivity contribution in [3.63, 3.8) is 0 Å². The van der Waals surface area contributed by atoms with Crippen LogP contribution in [0.2, 0.25) is 0 Å². The molecule has 0 amide bonds. The second-order valence-electron chi connectivity index (χ2n) is 3.24. The molecule has 1 aliphatic rings. The summed E-state index contributed by atoms with van der Waals surface area (Å²) >= 11 is 0. The molecule has 1 fully saturated rings. The number of hydrogen-bond donors (Lipinski definition) is 1. The number of methoxy groups -OCH3 is 1. The van der Waals surface area contributed by atoms with E-state index in [1.54, 1.807) is 0 Å². The fourth-order valence-electron chi connectivity index (χ4n) is 1.59. The molecule has 0 bridgehead atoms. The lowest BCUT2D eigenvalue weighted by Crippen LogP contribution is -2.13. The molecule has 0 saturated heterocycles. The molecule has 0 aliphatic heterocycles. The van der Waals surface area contributed by atoms with Crippen LogP contribution in [0, 0.1) is 11.8 Å². The zero-order valence-corrected chi connectivity index (χ0v) is 6.91. The van der Waals surface area contributed by atoms with Gasteiger partial charge >= 0.3 is 5.97 Å². The first-order valence-corrected chi connectivity index (χ1v) is 3.91. The van der Waals surface area contributed by atoms with Crippen molar-refractivity contribution < 1.29 is 14.6 Å². The molecule has 3 heteroatoms. The summed E-state index contributed by atoms with van der Waals surface area (Å²) in [6.07, 6.45) is 1.00. The van der Waals surface area contributed by atoms with Gasteiger partial charge in [-0.2, -0.15) is 0 Å². The highest BCUT2D eigenvalue weighted by Gasteiger charge is 2.34. The lowest BCUT2D eigenvalue weighted by molar-refractivity contribution is -0.145. The molecule has 3 nitrogen and oxygen atoms in total. The minimum absolute atomic E-state index is 0.0787. The topological polar surface area (TPSA) is 46.5 Å². The highest BCUT2D eigenvalue weighted by Crippen LogP contribution is 2.31. The summed E-state index contributed by atoms with van der Waals surface area (Å²) in [7, 11) is 1.39. The summed E-state index contributed by atoms with van der Waals surface area (Å²) < 4.78 is 4.58. The Bertz CT molecular complexity index is 145. The summed E-state index contributed by atoms with van der Waals surface area (Å²) in [6.45, 7) is 1.95. The highest BCUT2D eigenvalue weighted by atomic mass is 16.5. The Morgan fingerprint density at radius 2 is 2.18 bits per heavy atom. The third kappa shape index (κ3) is 1.71. The standard InChI is InChI=1S/C8H14O3/c1-5-3-6(4-7(5)9)8(10)11-2/h5-7,9H,3-4H2,1-2H3/t5-,6+,7-/m0/s1. The monoisotopic (exact) mass is 158 g/mol. The molecule has 0 unspecified atom stereocenters. The fourth-order valence-corrected chi connectivity index (χ4v) is 1.59. The molecule has 11 heavy (non-hydrogen) atoms. The van der Waals surface area contributed by atoms with E-state index in [1.165, 1.54) is 7.11 Å². The third-order valence-electron chi connectivity index (χ3n) is 2.37. The van der Waals surface area contributed by atoms with Gasteiger partial charge in [-0.25, -0.2) is 0 Å². The smallest absolute Gasteiger partial charge is 0.308 e. The number of aliphatic hydroxyl groups is 1. The second kappa shape index (κ2) is 3.22. The minimum Gasteiger partial charge on any atom is -0.469 e. The van der Waals surface area contributed by atoms with Gasteiger partial charge in [-0.05, 0) is 18.8 Å². The van der Waals surface area contributed by atoms with Crippen molar-refractivity contribution >= 4 is 5.97 Å². The Hall–Kier alpha value is -0.570.